The van der Waals surface area contributed by atoms with Crippen LogP contribution in [0, 0.1) is 12.3 Å². The lowest BCUT2D eigenvalue weighted by atomic mass is 9.81. The molecule has 2 aliphatic heterocycles. The lowest BCUT2D eigenvalue weighted by molar-refractivity contribution is -0.659. The number of benzene rings is 4. The summed E-state index contributed by atoms with van der Waals surface area (Å²) in [6.07, 6.45) is 5.33. The number of ether oxygens (including phenoxy) is 2. The molecule has 0 unspecified atom stereocenters. The molecule has 7 rings (SSSR count). The summed E-state index contributed by atoms with van der Waals surface area (Å²) >= 11 is 0. The van der Waals surface area contributed by atoms with Crippen molar-refractivity contribution < 1.29 is 14.0 Å². The normalized spacial score (nSPS) is 15.7. The summed E-state index contributed by atoms with van der Waals surface area (Å²) in [6.45, 7) is 10.9. The van der Waals surface area contributed by atoms with Gasteiger partial charge in [0.1, 0.15) is 18.5 Å². The van der Waals surface area contributed by atoms with E-state index in [1.165, 1.54) is 60.3 Å². The Morgan fingerprint density at radius 3 is 2.37 bits per heavy atom. The number of rotatable bonds is 2. The van der Waals surface area contributed by atoms with Crippen LogP contribution >= 0.6 is 0 Å². The highest BCUT2D eigenvalue weighted by atomic mass is 16.5. The van der Waals surface area contributed by atoms with E-state index in [9.17, 15) is 0 Å². The van der Waals surface area contributed by atoms with Gasteiger partial charge in [0, 0.05) is 30.2 Å². The van der Waals surface area contributed by atoms with Crippen molar-refractivity contribution in [2.75, 3.05) is 13.2 Å². The van der Waals surface area contributed by atoms with Crippen LogP contribution in [-0.2, 0) is 18.2 Å². The first kappa shape index (κ1) is 23.7. The topological polar surface area (TPSA) is 22.3 Å². The minimum absolute atomic E-state index is 0.128. The van der Waals surface area contributed by atoms with Crippen LogP contribution in [0.4, 0.5) is 0 Å². The fourth-order valence-corrected chi connectivity index (χ4v) is 6.92. The molecule has 0 spiro atoms. The van der Waals surface area contributed by atoms with Gasteiger partial charge in [-0.15, -0.1) is 0 Å². The van der Waals surface area contributed by atoms with Crippen molar-refractivity contribution in [1.29, 1.82) is 0 Å². The molecule has 0 bridgehead atoms. The molecule has 1 fully saturated rings. The molecule has 3 nitrogen and oxygen atoms in total. The maximum absolute atomic E-state index is 7.08. The Balaban J connectivity index is 1.59. The van der Waals surface area contributed by atoms with E-state index >= 15 is 0 Å². The second-order valence-corrected chi connectivity index (χ2v) is 12.5. The Morgan fingerprint density at radius 1 is 0.868 bits per heavy atom. The lowest BCUT2D eigenvalue weighted by Crippen LogP contribution is -2.32. The largest absolute Gasteiger partial charge is 0.455 e. The fraction of sp³-hybridized carbons (Fsp3) is 0.343. The average molecular weight is 503 g/mol. The third-order valence-corrected chi connectivity index (χ3v) is 8.62. The van der Waals surface area contributed by atoms with Gasteiger partial charge in [-0.2, -0.15) is 0 Å². The zero-order valence-corrected chi connectivity index (χ0v) is 23.2. The predicted molar refractivity (Wildman–Crippen MR) is 156 cm³/mol. The summed E-state index contributed by atoms with van der Waals surface area (Å²) in [5, 5.41) is 7.75. The molecule has 0 saturated carbocycles. The van der Waals surface area contributed by atoms with Crippen molar-refractivity contribution in [3.05, 3.63) is 77.5 Å². The summed E-state index contributed by atoms with van der Waals surface area (Å²) in [7, 11) is 2.17. The van der Waals surface area contributed by atoms with E-state index in [1.54, 1.807) is 0 Å². The zero-order valence-electron chi connectivity index (χ0n) is 23.2. The number of hydrogen-bond acceptors (Lipinski definition) is 2. The van der Waals surface area contributed by atoms with Crippen LogP contribution in [0.1, 0.15) is 56.2 Å². The van der Waals surface area contributed by atoms with Crippen LogP contribution in [0.5, 0.6) is 11.5 Å². The van der Waals surface area contributed by atoms with Crippen LogP contribution in [0.15, 0.2) is 60.8 Å². The van der Waals surface area contributed by atoms with E-state index in [0.717, 1.165) is 44.0 Å². The Labute approximate surface area is 225 Å². The molecule has 3 heteroatoms. The number of aryl methyl sites for hydroxylation is 2. The van der Waals surface area contributed by atoms with Gasteiger partial charge in [0.15, 0.2) is 6.20 Å². The summed E-state index contributed by atoms with van der Waals surface area (Å²) in [5.41, 5.74) is 6.66. The molecule has 1 aromatic heterocycles. The Bertz CT molecular complexity index is 1750. The maximum atomic E-state index is 7.08. The molecule has 192 valence electrons. The minimum atomic E-state index is 0.128. The molecule has 2 aliphatic rings. The fourth-order valence-electron chi connectivity index (χ4n) is 6.92. The molecule has 1 saturated heterocycles. The lowest BCUT2D eigenvalue weighted by Gasteiger charge is -2.29. The van der Waals surface area contributed by atoms with Crippen molar-refractivity contribution in [3.63, 3.8) is 0 Å². The van der Waals surface area contributed by atoms with Crippen molar-refractivity contribution in [2.24, 2.45) is 12.5 Å². The van der Waals surface area contributed by atoms with Gasteiger partial charge in [-0.3, -0.25) is 0 Å². The van der Waals surface area contributed by atoms with Gasteiger partial charge in [-0.1, -0.05) is 63.2 Å². The van der Waals surface area contributed by atoms with Crippen molar-refractivity contribution >= 4 is 32.3 Å². The van der Waals surface area contributed by atoms with E-state index in [0.29, 0.717) is 5.92 Å². The Hall–Kier alpha value is -3.43. The van der Waals surface area contributed by atoms with Gasteiger partial charge in [0.25, 0.3) is 0 Å². The number of fused-ring (bicyclic) bond motifs is 5. The molecular weight excluding hydrogens is 466 g/mol. The second kappa shape index (κ2) is 8.54. The van der Waals surface area contributed by atoms with Gasteiger partial charge in [0.2, 0.25) is 5.69 Å². The van der Waals surface area contributed by atoms with Gasteiger partial charge in [0.05, 0.1) is 10.9 Å². The van der Waals surface area contributed by atoms with Crippen LogP contribution < -0.4 is 9.30 Å². The van der Waals surface area contributed by atoms with Crippen molar-refractivity contribution in [3.8, 4) is 22.8 Å². The third-order valence-electron chi connectivity index (χ3n) is 8.62. The monoisotopic (exact) mass is 502 g/mol. The highest BCUT2D eigenvalue weighted by Crippen LogP contribution is 2.53. The van der Waals surface area contributed by atoms with Crippen LogP contribution in [-0.4, -0.2) is 13.2 Å². The van der Waals surface area contributed by atoms with Crippen LogP contribution in [0.3, 0.4) is 0 Å². The van der Waals surface area contributed by atoms with Gasteiger partial charge < -0.3 is 9.47 Å². The van der Waals surface area contributed by atoms with E-state index in [1.807, 2.05) is 0 Å². The molecule has 0 atom stereocenters. The first-order valence-corrected chi connectivity index (χ1v) is 14.0. The third kappa shape index (κ3) is 3.55. The molecule has 0 amide bonds. The predicted octanol–water partition coefficient (Wildman–Crippen LogP) is 8.53. The van der Waals surface area contributed by atoms with E-state index in [2.05, 4.69) is 100 Å². The maximum Gasteiger partial charge on any atom is 0.228 e. The Morgan fingerprint density at radius 2 is 1.61 bits per heavy atom. The highest BCUT2D eigenvalue weighted by Gasteiger charge is 2.34. The number of aromatic nitrogens is 1. The molecule has 4 aromatic carbocycles. The van der Waals surface area contributed by atoms with Gasteiger partial charge in [-0.05, 0) is 76.3 Å². The Kier molecular flexibility index (Phi) is 5.32. The molecule has 0 aliphatic carbocycles. The minimum Gasteiger partial charge on any atom is -0.455 e. The smallest absolute Gasteiger partial charge is 0.228 e. The number of nitrogens with zero attached hydrogens (tertiary/aromatic N) is 1. The molecule has 5 aromatic rings. The van der Waals surface area contributed by atoms with Gasteiger partial charge in [-0.25, -0.2) is 4.57 Å². The molecular formula is C35H36NO2+. The quantitative estimate of drug-likeness (QED) is 0.175. The summed E-state index contributed by atoms with van der Waals surface area (Å²) in [4.78, 5) is 0. The number of hydrogen-bond donors (Lipinski definition) is 0. The van der Waals surface area contributed by atoms with E-state index in [4.69, 9.17) is 9.47 Å². The van der Waals surface area contributed by atoms with Crippen LogP contribution in [0.2, 0.25) is 0 Å². The molecule has 38 heavy (non-hydrogen) atoms. The van der Waals surface area contributed by atoms with Crippen molar-refractivity contribution in [2.45, 2.75) is 52.9 Å². The van der Waals surface area contributed by atoms with E-state index < -0.39 is 0 Å². The first-order chi connectivity index (χ1) is 18.3. The standard InChI is InChI=1S/C35H36NO2/c1-21-23-9-6-7-10-25(23)29(20-35(2,3)4)34-31(21)33-32-27(13-16-36(33)5)26-12-8-11-24(22-14-17-37-18-15-22)28(26)19-30(32)38-34/h6-13,16,19,22H,14-15,17-18,20H2,1-5H3/q+1. The molecule has 0 N–H and O–H groups in total. The van der Waals surface area contributed by atoms with Gasteiger partial charge >= 0.3 is 0 Å². The summed E-state index contributed by atoms with van der Waals surface area (Å²) in [6, 6.07) is 20.3. The summed E-state index contributed by atoms with van der Waals surface area (Å²) in [5.74, 6) is 2.54. The first-order valence-electron chi connectivity index (χ1n) is 14.0. The molecule has 0 radical (unpaired) electrons. The average Bonchev–Trinajstić information content (AvgIpc) is 2.91. The summed E-state index contributed by atoms with van der Waals surface area (Å²) < 4.78 is 15.1. The second-order valence-electron chi connectivity index (χ2n) is 12.5. The number of pyridine rings is 1. The SMILES string of the molecule is Cc1c2c(c(CC(C)(C)C)c3ccccc13)Oc1cc3c(C4CCOCC4)cccc3c3cc[n+](C)c-2c13. The van der Waals surface area contributed by atoms with Crippen molar-refractivity contribution in [1.82, 2.24) is 0 Å². The molecule has 3 heterocycles. The van der Waals surface area contributed by atoms with E-state index in [-0.39, 0.29) is 5.41 Å². The zero-order chi connectivity index (χ0) is 26.2. The van der Waals surface area contributed by atoms with Crippen LogP contribution in [0.25, 0.3) is 43.6 Å². The highest BCUT2D eigenvalue weighted by molar-refractivity contribution is 6.16.